The number of nitrogens with zero attached hydrogens (tertiary/aromatic N) is 1. The van der Waals surface area contributed by atoms with Crippen LogP contribution >= 0.6 is 0 Å². The third-order valence-corrected chi connectivity index (χ3v) is 2.51. The number of hydrogen-bond acceptors (Lipinski definition) is 4. The number of nitrogen functional groups attached to an aromatic ring is 1. The standard InChI is InChI=1S/C14H18N2O2/c1-2-7-17-8-9-18-14-6-3-11-10-12(15)4-5-13(11)16-14/h3-6,10H,2,7-9,15H2,1H3. The third-order valence-electron chi connectivity index (χ3n) is 2.51. The number of benzene rings is 1. The highest BCUT2D eigenvalue weighted by molar-refractivity contribution is 5.82. The highest BCUT2D eigenvalue weighted by Crippen LogP contribution is 2.18. The van der Waals surface area contributed by atoms with Gasteiger partial charge in [0.25, 0.3) is 0 Å². The smallest absolute Gasteiger partial charge is 0.213 e. The Bertz CT molecular complexity index is 514. The lowest BCUT2D eigenvalue weighted by atomic mass is 10.2. The van der Waals surface area contributed by atoms with Gasteiger partial charge in [-0.05, 0) is 30.7 Å². The Kier molecular flexibility index (Phi) is 4.36. The van der Waals surface area contributed by atoms with Crippen molar-refractivity contribution in [2.75, 3.05) is 25.6 Å². The molecule has 4 nitrogen and oxygen atoms in total. The topological polar surface area (TPSA) is 57.4 Å². The van der Waals surface area contributed by atoms with Gasteiger partial charge in [-0.25, -0.2) is 4.98 Å². The number of rotatable bonds is 6. The van der Waals surface area contributed by atoms with Crippen LogP contribution in [0.1, 0.15) is 13.3 Å². The Morgan fingerprint density at radius 2 is 2.00 bits per heavy atom. The maximum Gasteiger partial charge on any atom is 0.213 e. The van der Waals surface area contributed by atoms with Gasteiger partial charge in [-0.1, -0.05) is 6.92 Å². The van der Waals surface area contributed by atoms with Crippen molar-refractivity contribution >= 4 is 16.6 Å². The summed E-state index contributed by atoms with van der Waals surface area (Å²) in [6.07, 6.45) is 1.02. The molecular formula is C14H18N2O2. The van der Waals surface area contributed by atoms with Crippen molar-refractivity contribution in [1.82, 2.24) is 4.98 Å². The molecule has 0 bridgehead atoms. The number of nitrogens with two attached hydrogens (primary N) is 1. The summed E-state index contributed by atoms with van der Waals surface area (Å²) in [5.41, 5.74) is 7.34. The fraction of sp³-hybridized carbons (Fsp3) is 0.357. The maximum atomic E-state index is 5.71. The SMILES string of the molecule is CCCOCCOc1ccc2cc(N)ccc2n1. The second-order valence-electron chi connectivity index (χ2n) is 4.06. The second-order valence-corrected chi connectivity index (χ2v) is 4.06. The molecule has 4 heteroatoms. The van der Waals surface area contributed by atoms with E-state index >= 15 is 0 Å². The van der Waals surface area contributed by atoms with Crippen LogP contribution in [0.15, 0.2) is 30.3 Å². The molecule has 1 aromatic heterocycles. The van der Waals surface area contributed by atoms with Crippen LogP contribution in [-0.4, -0.2) is 24.8 Å². The summed E-state index contributed by atoms with van der Waals surface area (Å²) in [4.78, 5) is 4.40. The first kappa shape index (κ1) is 12.6. The molecule has 0 aliphatic heterocycles. The van der Waals surface area contributed by atoms with Crippen molar-refractivity contribution in [3.63, 3.8) is 0 Å². The van der Waals surface area contributed by atoms with Gasteiger partial charge in [0.05, 0.1) is 12.1 Å². The first-order valence-electron chi connectivity index (χ1n) is 6.16. The molecule has 2 rings (SSSR count). The molecule has 0 unspecified atom stereocenters. The first-order valence-corrected chi connectivity index (χ1v) is 6.16. The van der Waals surface area contributed by atoms with Gasteiger partial charge in [0.15, 0.2) is 0 Å². The summed E-state index contributed by atoms with van der Waals surface area (Å²) in [6.45, 7) is 3.97. The molecule has 96 valence electrons. The number of pyridine rings is 1. The zero-order valence-electron chi connectivity index (χ0n) is 10.6. The molecule has 0 saturated heterocycles. The minimum Gasteiger partial charge on any atom is -0.475 e. The van der Waals surface area contributed by atoms with Crippen LogP contribution in [0.2, 0.25) is 0 Å². The summed E-state index contributed by atoms with van der Waals surface area (Å²) in [7, 11) is 0. The molecule has 0 atom stereocenters. The van der Waals surface area contributed by atoms with Gasteiger partial charge in [0.2, 0.25) is 5.88 Å². The van der Waals surface area contributed by atoms with Gasteiger partial charge in [0.1, 0.15) is 6.61 Å². The van der Waals surface area contributed by atoms with Crippen molar-refractivity contribution in [2.45, 2.75) is 13.3 Å². The lowest BCUT2D eigenvalue weighted by molar-refractivity contribution is 0.0991. The van der Waals surface area contributed by atoms with E-state index in [2.05, 4.69) is 11.9 Å². The molecule has 2 aromatic rings. The van der Waals surface area contributed by atoms with E-state index in [0.29, 0.717) is 19.1 Å². The number of ether oxygens (including phenoxy) is 2. The van der Waals surface area contributed by atoms with Crippen molar-refractivity contribution in [3.05, 3.63) is 30.3 Å². The summed E-state index contributed by atoms with van der Waals surface area (Å²) >= 11 is 0. The van der Waals surface area contributed by atoms with Gasteiger partial charge in [-0.3, -0.25) is 0 Å². The normalized spacial score (nSPS) is 10.7. The fourth-order valence-corrected chi connectivity index (χ4v) is 1.66. The van der Waals surface area contributed by atoms with Crippen molar-refractivity contribution in [3.8, 4) is 5.88 Å². The molecule has 1 aromatic carbocycles. The van der Waals surface area contributed by atoms with Gasteiger partial charge in [0, 0.05) is 23.7 Å². The summed E-state index contributed by atoms with van der Waals surface area (Å²) in [5.74, 6) is 0.618. The monoisotopic (exact) mass is 246 g/mol. The molecular weight excluding hydrogens is 228 g/mol. The van der Waals surface area contributed by atoms with Crippen LogP contribution in [0.5, 0.6) is 5.88 Å². The molecule has 0 spiro atoms. The molecule has 1 heterocycles. The first-order chi connectivity index (χ1) is 8.79. The molecule has 2 N–H and O–H groups in total. The van der Waals surface area contributed by atoms with Gasteiger partial charge >= 0.3 is 0 Å². The lowest BCUT2D eigenvalue weighted by Crippen LogP contribution is -2.07. The van der Waals surface area contributed by atoms with Crippen LogP contribution in [0.25, 0.3) is 10.9 Å². The average Bonchev–Trinajstić information content (AvgIpc) is 2.38. The zero-order valence-corrected chi connectivity index (χ0v) is 10.6. The third kappa shape index (κ3) is 3.34. The maximum absolute atomic E-state index is 5.71. The Morgan fingerprint density at radius 3 is 2.83 bits per heavy atom. The van der Waals surface area contributed by atoms with Crippen LogP contribution < -0.4 is 10.5 Å². The Balaban J connectivity index is 1.95. The van der Waals surface area contributed by atoms with E-state index in [0.717, 1.165) is 29.6 Å². The predicted octanol–water partition coefficient (Wildman–Crippen LogP) is 2.62. The highest BCUT2D eigenvalue weighted by atomic mass is 16.5. The minimum atomic E-state index is 0.521. The number of aromatic nitrogens is 1. The summed E-state index contributed by atoms with van der Waals surface area (Å²) in [5, 5.41) is 1.02. The van der Waals surface area contributed by atoms with Crippen LogP contribution in [-0.2, 0) is 4.74 Å². The lowest BCUT2D eigenvalue weighted by Gasteiger charge is -2.07. The number of hydrogen-bond donors (Lipinski definition) is 1. The van der Waals surface area contributed by atoms with Crippen LogP contribution in [0.3, 0.4) is 0 Å². The predicted molar refractivity (Wildman–Crippen MR) is 72.8 cm³/mol. The molecule has 0 fully saturated rings. The Labute approximate surface area is 107 Å². The van der Waals surface area contributed by atoms with Gasteiger partial charge in [-0.2, -0.15) is 0 Å². The average molecular weight is 246 g/mol. The minimum absolute atomic E-state index is 0.521. The largest absolute Gasteiger partial charge is 0.475 e. The molecule has 18 heavy (non-hydrogen) atoms. The van der Waals surface area contributed by atoms with Crippen molar-refractivity contribution in [2.24, 2.45) is 0 Å². The molecule has 0 aliphatic carbocycles. The molecule has 0 radical (unpaired) electrons. The quantitative estimate of drug-likeness (QED) is 0.628. The second kappa shape index (κ2) is 6.21. The van der Waals surface area contributed by atoms with E-state index in [1.54, 1.807) is 0 Å². The Morgan fingerprint density at radius 1 is 1.11 bits per heavy atom. The van der Waals surface area contributed by atoms with E-state index in [9.17, 15) is 0 Å². The number of fused-ring (bicyclic) bond motifs is 1. The number of anilines is 1. The van der Waals surface area contributed by atoms with Crippen LogP contribution in [0.4, 0.5) is 5.69 Å². The van der Waals surface area contributed by atoms with Crippen molar-refractivity contribution < 1.29 is 9.47 Å². The summed E-state index contributed by atoms with van der Waals surface area (Å²) in [6, 6.07) is 9.44. The zero-order chi connectivity index (χ0) is 12.8. The molecule has 0 saturated carbocycles. The van der Waals surface area contributed by atoms with Gasteiger partial charge in [-0.15, -0.1) is 0 Å². The van der Waals surface area contributed by atoms with E-state index in [1.165, 1.54) is 0 Å². The van der Waals surface area contributed by atoms with Crippen molar-refractivity contribution in [1.29, 1.82) is 0 Å². The Hall–Kier alpha value is -1.81. The highest BCUT2D eigenvalue weighted by Gasteiger charge is 1.99. The summed E-state index contributed by atoms with van der Waals surface area (Å²) < 4.78 is 10.9. The van der Waals surface area contributed by atoms with Crippen LogP contribution in [0, 0.1) is 0 Å². The molecule has 0 aliphatic rings. The van der Waals surface area contributed by atoms with E-state index < -0.39 is 0 Å². The van der Waals surface area contributed by atoms with Gasteiger partial charge < -0.3 is 15.2 Å². The molecule has 0 amide bonds. The van der Waals surface area contributed by atoms with E-state index in [4.69, 9.17) is 15.2 Å². The fourth-order valence-electron chi connectivity index (χ4n) is 1.66. The van der Waals surface area contributed by atoms with E-state index in [-0.39, 0.29) is 0 Å². The van der Waals surface area contributed by atoms with E-state index in [1.807, 2.05) is 30.3 Å².